The zero-order valence-corrected chi connectivity index (χ0v) is 9.00. The summed E-state index contributed by atoms with van der Waals surface area (Å²) in [7, 11) is 0. The number of nitriles is 1. The lowest BCUT2D eigenvalue weighted by Gasteiger charge is -2.04. The van der Waals surface area contributed by atoms with Crippen LogP contribution in [0, 0.1) is 17.1 Å². The van der Waals surface area contributed by atoms with Crippen LogP contribution in [-0.2, 0) is 6.61 Å². The van der Waals surface area contributed by atoms with Crippen molar-refractivity contribution in [3.8, 4) is 11.8 Å². The summed E-state index contributed by atoms with van der Waals surface area (Å²) in [4.78, 5) is 4.03. The fraction of sp³-hybridized carbons (Fsp3) is 0.0909. The normalized spacial score (nSPS) is 9.75. The highest BCUT2D eigenvalue weighted by Gasteiger charge is 2.04. The largest absolute Gasteiger partial charge is 0.487 e. The van der Waals surface area contributed by atoms with Gasteiger partial charge in [0.15, 0.2) is 0 Å². The molecule has 3 nitrogen and oxygen atoms in total. The molecule has 0 aliphatic carbocycles. The number of hydrogen-bond acceptors (Lipinski definition) is 4. The third-order valence-corrected chi connectivity index (χ3v) is 2.57. The van der Waals surface area contributed by atoms with E-state index in [0.717, 1.165) is 5.69 Å². The van der Waals surface area contributed by atoms with Crippen LogP contribution >= 0.6 is 11.3 Å². The Bertz CT molecular complexity index is 519. The molecule has 0 bridgehead atoms. The lowest BCUT2D eigenvalue weighted by molar-refractivity contribution is 0.300. The first-order valence-corrected chi connectivity index (χ1v) is 5.43. The van der Waals surface area contributed by atoms with Gasteiger partial charge in [0, 0.05) is 11.4 Å². The summed E-state index contributed by atoms with van der Waals surface area (Å²) in [5.41, 5.74) is 2.52. The van der Waals surface area contributed by atoms with Gasteiger partial charge < -0.3 is 4.74 Å². The topological polar surface area (TPSA) is 45.9 Å². The Labute approximate surface area is 95.8 Å². The monoisotopic (exact) mass is 234 g/mol. The average Bonchev–Trinajstić information content (AvgIpc) is 2.79. The smallest absolute Gasteiger partial charge is 0.144 e. The standard InChI is InChI=1S/C11H7FN2OS/c12-11-3-10(2-1-8(11)4-13)15-5-9-6-16-7-14-9/h1-3,6-7H,5H2. The van der Waals surface area contributed by atoms with Gasteiger partial charge in [-0.3, -0.25) is 0 Å². The molecular weight excluding hydrogens is 227 g/mol. The van der Waals surface area contributed by atoms with Crippen LogP contribution in [0.5, 0.6) is 5.75 Å². The molecule has 0 atom stereocenters. The highest BCUT2D eigenvalue weighted by Crippen LogP contribution is 2.17. The van der Waals surface area contributed by atoms with Crippen molar-refractivity contribution in [3.63, 3.8) is 0 Å². The summed E-state index contributed by atoms with van der Waals surface area (Å²) in [6.07, 6.45) is 0. The van der Waals surface area contributed by atoms with E-state index in [1.165, 1.54) is 23.5 Å². The van der Waals surface area contributed by atoms with E-state index in [-0.39, 0.29) is 5.56 Å². The van der Waals surface area contributed by atoms with Crippen LogP contribution in [0.25, 0.3) is 0 Å². The molecule has 0 spiro atoms. The molecule has 0 unspecified atom stereocenters. The van der Waals surface area contributed by atoms with E-state index >= 15 is 0 Å². The van der Waals surface area contributed by atoms with Crippen LogP contribution in [0.3, 0.4) is 0 Å². The van der Waals surface area contributed by atoms with Crippen LogP contribution in [0.15, 0.2) is 29.1 Å². The van der Waals surface area contributed by atoms with Crippen molar-refractivity contribution in [1.29, 1.82) is 5.26 Å². The molecule has 0 N–H and O–H groups in total. The lowest BCUT2D eigenvalue weighted by Crippen LogP contribution is -1.96. The van der Waals surface area contributed by atoms with Crippen molar-refractivity contribution >= 4 is 11.3 Å². The van der Waals surface area contributed by atoms with E-state index in [1.807, 2.05) is 5.38 Å². The van der Waals surface area contributed by atoms with E-state index in [1.54, 1.807) is 17.6 Å². The molecule has 0 radical (unpaired) electrons. The summed E-state index contributed by atoms with van der Waals surface area (Å²) in [6, 6.07) is 5.91. The number of hydrogen-bond donors (Lipinski definition) is 0. The third kappa shape index (κ3) is 2.35. The maximum Gasteiger partial charge on any atom is 0.144 e. The predicted molar refractivity (Wildman–Crippen MR) is 57.6 cm³/mol. The second-order valence-corrected chi connectivity index (χ2v) is 3.74. The minimum atomic E-state index is -0.571. The number of halogens is 1. The molecule has 0 aliphatic heterocycles. The van der Waals surface area contributed by atoms with Gasteiger partial charge in [0.1, 0.15) is 24.2 Å². The Hall–Kier alpha value is -1.93. The predicted octanol–water partition coefficient (Wildman–Crippen LogP) is 2.73. The van der Waals surface area contributed by atoms with Gasteiger partial charge in [-0.05, 0) is 12.1 Å². The first-order valence-electron chi connectivity index (χ1n) is 4.49. The van der Waals surface area contributed by atoms with Crippen LogP contribution in [0.1, 0.15) is 11.3 Å². The maximum atomic E-state index is 13.2. The number of thiazole rings is 1. The molecule has 2 rings (SSSR count). The van der Waals surface area contributed by atoms with Gasteiger partial charge in [-0.25, -0.2) is 9.37 Å². The number of ether oxygens (including phenoxy) is 1. The summed E-state index contributed by atoms with van der Waals surface area (Å²) in [5, 5.41) is 10.4. The summed E-state index contributed by atoms with van der Waals surface area (Å²) < 4.78 is 18.5. The van der Waals surface area contributed by atoms with Gasteiger partial charge in [0.05, 0.1) is 16.8 Å². The molecular formula is C11H7FN2OS. The summed E-state index contributed by atoms with van der Waals surface area (Å²) in [5.74, 6) is -0.178. The molecule has 0 amide bonds. The Balaban J connectivity index is 2.06. The molecule has 2 aromatic rings. The van der Waals surface area contributed by atoms with E-state index in [0.29, 0.717) is 12.4 Å². The second kappa shape index (κ2) is 4.73. The SMILES string of the molecule is N#Cc1ccc(OCc2cscn2)cc1F. The van der Waals surface area contributed by atoms with Crippen molar-refractivity contribution in [3.05, 3.63) is 46.2 Å². The van der Waals surface area contributed by atoms with Gasteiger partial charge in [-0.1, -0.05) is 0 Å². The number of aromatic nitrogens is 1. The molecule has 16 heavy (non-hydrogen) atoms. The molecule has 0 fully saturated rings. The van der Waals surface area contributed by atoms with Crippen molar-refractivity contribution < 1.29 is 9.13 Å². The molecule has 0 saturated heterocycles. The Kier molecular flexibility index (Phi) is 3.13. The van der Waals surface area contributed by atoms with Gasteiger partial charge in [0.25, 0.3) is 0 Å². The second-order valence-electron chi connectivity index (χ2n) is 3.02. The first-order chi connectivity index (χ1) is 7.79. The number of benzene rings is 1. The van der Waals surface area contributed by atoms with E-state index in [2.05, 4.69) is 4.98 Å². The summed E-state index contributed by atoms with van der Waals surface area (Å²) in [6.45, 7) is 0.300. The Morgan fingerprint density at radius 2 is 2.38 bits per heavy atom. The van der Waals surface area contributed by atoms with Gasteiger partial charge >= 0.3 is 0 Å². The van der Waals surface area contributed by atoms with Crippen molar-refractivity contribution in [2.75, 3.05) is 0 Å². The highest BCUT2D eigenvalue weighted by atomic mass is 32.1. The van der Waals surface area contributed by atoms with Crippen LogP contribution < -0.4 is 4.74 Å². The van der Waals surface area contributed by atoms with Crippen LogP contribution in [-0.4, -0.2) is 4.98 Å². The summed E-state index contributed by atoms with van der Waals surface area (Å²) >= 11 is 1.48. The minimum absolute atomic E-state index is 0.0148. The number of nitrogens with zero attached hydrogens (tertiary/aromatic N) is 2. The molecule has 0 aliphatic rings. The third-order valence-electron chi connectivity index (χ3n) is 1.93. The van der Waals surface area contributed by atoms with Gasteiger partial charge in [-0.2, -0.15) is 5.26 Å². The Morgan fingerprint density at radius 1 is 1.50 bits per heavy atom. The first kappa shape index (κ1) is 10.6. The van der Waals surface area contributed by atoms with Crippen molar-refractivity contribution in [2.45, 2.75) is 6.61 Å². The van der Waals surface area contributed by atoms with Crippen molar-refractivity contribution in [1.82, 2.24) is 4.98 Å². The van der Waals surface area contributed by atoms with Gasteiger partial charge in [0.2, 0.25) is 0 Å². The van der Waals surface area contributed by atoms with E-state index in [4.69, 9.17) is 10.00 Å². The van der Waals surface area contributed by atoms with Crippen molar-refractivity contribution in [2.24, 2.45) is 0 Å². The zero-order valence-electron chi connectivity index (χ0n) is 8.18. The average molecular weight is 234 g/mol. The fourth-order valence-electron chi connectivity index (χ4n) is 1.14. The van der Waals surface area contributed by atoms with Crippen LogP contribution in [0.2, 0.25) is 0 Å². The molecule has 1 aromatic heterocycles. The molecule has 5 heteroatoms. The zero-order chi connectivity index (χ0) is 11.4. The molecule has 1 aromatic carbocycles. The molecule has 1 heterocycles. The highest BCUT2D eigenvalue weighted by molar-refractivity contribution is 7.07. The quantitative estimate of drug-likeness (QED) is 0.820. The maximum absolute atomic E-state index is 13.2. The van der Waals surface area contributed by atoms with Crippen LogP contribution in [0.4, 0.5) is 4.39 Å². The minimum Gasteiger partial charge on any atom is -0.487 e. The lowest BCUT2D eigenvalue weighted by atomic mass is 10.2. The Morgan fingerprint density at radius 3 is 3.00 bits per heavy atom. The molecule has 80 valence electrons. The van der Waals surface area contributed by atoms with E-state index < -0.39 is 5.82 Å². The number of rotatable bonds is 3. The molecule has 0 saturated carbocycles. The fourth-order valence-corrected chi connectivity index (χ4v) is 1.69. The van der Waals surface area contributed by atoms with E-state index in [9.17, 15) is 4.39 Å². The van der Waals surface area contributed by atoms with Gasteiger partial charge in [-0.15, -0.1) is 11.3 Å².